The van der Waals surface area contributed by atoms with Crippen LogP contribution in [0.4, 0.5) is 0 Å². The lowest BCUT2D eigenvalue weighted by atomic mass is 9.89. The van der Waals surface area contributed by atoms with E-state index in [0.717, 1.165) is 18.0 Å². The van der Waals surface area contributed by atoms with Gasteiger partial charge in [-0.2, -0.15) is 0 Å². The van der Waals surface area contributed by atoms with Crippen LogP contribution in [0, 0.1) is 5.92 Å². The largest absolute Gasteiger partial charge is 0.306 e. The SMILES string of the molecule is CC1CN(C)C(C)CC1N(C)C. The Balaban J connectivity index is 2.55. The van der Waals surface area contributed by atoms with Crippen LogP contribution in [-0.2, 0) is 0 Å². The molecule has 2 heteroatoms. The Morgan fingerprint density at radius 2 is 1.83 bits per heavy atom. The summed E-state index contributed by atoms with van der Waals surface area (Å²) in [5, 5.41) is 0. The van der Waals surface area contributed by atoms with E-state index in [1.807, 2.05) is 0 Å². The van der Waals surface area contributed by atoms with Crippen molar-refractivity contribution in [2.24, 2.45) is 5.92 Å². The van der Waals surface area contributed by atoms with Gasteiger partial charge in [0.2, 0.25) is 0 Å². The van der Waals surface area contributed by atoms with Crippen LogP contribution in [0.15, 0.2) is 0 Å². The molecule has 0 amide bonds. The molecule has 1 rings (SSSR count). The minimum Gasteiger partial charge on any atom is -0.306 e. The van der Waals surface area contributed by atoms with Crippen molar-refractivity contribution >= 4 is 0 Å². The van der Waals surface area contributed by atoms with Gasteiger partial charge >= 0.3 is 0 Å². The molecule has 0 aromatic carbocycles. The second kappa shape index (κ2) is 3.75. The molecule has 2 nitrogen and oxygen atoms in total. The first-order chi connectivity index (χ1) is 5.52. The van der Waals surface area contributed by atoms with Crippen molar-refractivity contribution in [2.75, 3.05) is 27.7 Å². The smallest absolute Gasteiger partial charge is 0.0142 e. The highest BCUT2D eigenvalue weighted by atomic mass is 15.2. The van der Waals surface area contributed by atoms with E-state index in [9.17, 15) is 0 Å². The first-order valence-corrected chi connectivity index (χ1v) is 4.89. The Bertz CT molecular complexity index is 145. The quantitative estimate of drug-likeness (QED) is 0.585. The predicted octanol–water partition coefficient (Wildman–Crippen LogP) is 1.28. The molecule has 0 N–H and O–H groups in total. The molecule has 1 heterocycles. The molecule has 12 heavy (non-hydrogen) atoms. The van der Waals surface area contributed by atoms with Gasteiger partial charge in [0.1, 0.15) is 0 Å². The normalized spacial score (nSPS) is 39.0. The summed E-state index contributed by atoms with van der Waals surface area (Å²) < 4.78 is 0. The number of hydrogen-bond donors (Lipinski definition) is 0. The summed E-state index contributed by atoms with van der Waals surface area (Å²) in [5.74, 6) is 0.807. The van der Waals surface area contributed by atoms with Gasteiger partial charge < -0.3 is 9.80 Å². The highest BCUT2D eigenvalue weighted by Crippen LogP contribution is 2.23. The molecule has 1 aliphatic rings. The van der Waals surface area contributed by atoms with E-state index < -0.39 is 0 Å². The maximum absolute atomic E-state index is 2.46. The van der Waals surface area contributed by atoms with Gasteiger partial charge in [-0.15, -0.1) is 0 Å². The van der Waals surface area contributed by atoms with Crippen molar-refractivity contribution in [1.29, 1.82) is 0 Å². The molecule has 0 aromatic rings. The minimum absolute atomic E-state index is 0.744. The second-order valence-electron chi connectivity index (χ2n) is 4.53. The third kappa shape index (κ3) is 1.99. The van der Waals surface area contributed by atoms with E-state index in [-0.39, 0.29) is 0 Å². The molecule has 0 bridgehead atoms. The van der Waals surface area contributed by atoms with Crippen LogP contribution in [0.3, 0.4) is 0 Å². The Kier molecular flexibility index (Phi) is 3.13. The zero-order chi connectivity index (χ0) is 9.30. The maximum atomic E-state index is 2.46. The van der Waals surface area contributed by atoms with Crippen molar-refractivity contribution in [2.45, 2.75) is 32.4 Å². The van der Waals surface area contributed by atoms with E-state index in [2.05, 4.69) is 44.8 Å². The number of rotatable bonds is 1. The summed E-state index contributed by atoms with van der Waals surface area (Å²) >= 11 is 0. The molecule has 1 aliphatic heterocycles. The fourth-order valence-corrected chi connectivity index (χ4v) is 2.24. The third-order valence-electron chi connectivity index (χ3n) is 3.23. The van der Waals surface area contributed by atoms with Crippen LogP contribution in [0.5, 0.6) is 0 Å². The fraction of sp³-hybridized carbons (Fsp3) is 1.00. The Labute approximate surface area is 76.5 Å². The van der Waals surface area contributed by atoms with Crippen LogP contribution < -0.4 is 0 Å². The van der Waals surface area contributed by atoms with Gasteiger partial charge in [0.05, 0.1) is 0 Å². The number of nitrogens with zero attached hydrogens (tertiary/aromatic N) is 2. The van der Waals surface area contributed by atoms with E-state index in [0.29, 0.717) is 0 Å². The van der Waals surface area contributed by atoms with Gasteiger partial charge in [0, 0.05) is 18.6 Å². The van der Waals surface area contributed by atoms with Gasteiger partial charge in [-0.3, -0.25) is 0 Å². The predicted molar refractivity (Wildman–Crippen MR) is 53.3 cm³/mol. The molecule has 3 atom stereocenters. The average Bonchev–Trinajstić information content (AvgIpc) is 1.96. The fourth-order valence-electron chi connectivity index (χ4n) is 2.24. The van der Waals surface area contributed by atoms with Crippen molar-refractivity contribution in [1.82, 2.24) is 9.80 Å². The van der Waals surface area contributed by atoms with Crippen LogP contribution in [0.25, 0.3) is 0 Å². The highest BCUT2D eigenvalue weighted by Gasteiger charge is 2.29. The van der Waals surface area contributed by atoms with Crippen molar-refractivity contribution in [3.63, 3.8) is 0 Å². The first kappa shape index (κ1) is 10.0. The van der Waals surface area contributed by atoms with Crippen LogP contribution in [0.1, 0.15) is 20.3 Å². The lowest BCUT2D eigenvalue weighted by molar-refractivity contribution is 0.0726. The summed E-state index contributed by atoms with van der Waals surface area (Å²) in [6, 6.07) is 1.52. The molecular weight excluding hydrogens is 148 g/mol. The third-order valence-corrected chi connectivity index (χ3v) is 3.23. The zero-order valence-corrected chi connectivity index (χ0v) is 9.04. The number of likely N-dealkylation sites (tertiary alicyclic amines) is 1. The minimum atomic E-state index is 0.744. The molecule has 1 saturated heterocycles. The molecule has 0 aliphatic carbocycles. The maximum Gasteiger partial charge on any atom is 0.0142 e. The van der Waals surface area contributed by atoms with Crippen molar-refractivity contribution < 1.29 is 0 Å². The topological polar surface area (TPSA) is 6.48 Å². The molecular formula is C10H22N2. The van der Waals surface area contributed by atoms with Crippen LogP contribution in [0.2, 0.25) is 0 Å². The molecule has 72 valence electrons. The van der Waals surface area contributed by atoms with Gasteiger partial charge in [0.25, 0.3) is 0 Å². The Morgan fingerprint density at radius 1 is 1.25 bits per heavy atom. The zero-order valence-electron chi connectivity index (χ0n) is 9.04. The lowest BCUT2D eigenvalue weighted by Crippen LogP contribution is -2.50. The summed E-state index contributed by atoms with van der Waals surface area (Å²) in [4.78, 5) is 4.83. The number of piperidine rings is 1. The monoisotopic (exact) mass is 170 g/mol. The van der Waals surface area contributed by atoms with Crippen LogP contribution >= 0.6 is 0 Å². The molecule has 0 spiro atoms. The Hall–Kier alpha value is -0.0800. The van der Waals surface area contributed by atoms with E-state index in [1.54, 1.807) is 0 Å². The van der Waals surface area contributed by atoms with E-state index >= 15 is 0 Å². The van der Waals surface area contributed by atoms with Crippen LogP contribution in [-0.4, -0.2) is 49.6 Å². The van der Waals surface area contributed by atoms with E-state index in [4.69, 9.17) is 0 Å². The second-order valence-corrected chi connectivity index (χ2v) is 4.53. The lowest BCUT2D eigenvalue weighted by Gasteiger charge is -2.42. The summed E-state index contributed by atoms with van der Waals surface area (Å²) in [5.41, 5.74) is 0. The highest BCUT2D eigenvalue weighted by molar-refractivity contribution is 4.85. The van der Waals surface area contributed by atoms with Gasteiger partial charge in [-0.1, -0.05) is 6.92 Å². The average molecular weight is 170 g/mol. The Morgan fingerprint density at radius 3 is 2.33 bits per heavy atom. The van der Waals surface area contributed by atoms with Gasteiger partial charge in [0.15, 0.2) is 0 Å². The molecule has 0 radical (unpaired) electrons. The molecule has 1 fully saturated rings. The first-order valence-electron chi connectivity index (χ1n) is 4.89. The molecule has 0 aromatic heterocycles. The van der Waals surface area contributed by atoms with Gasteiger partial charge in [-0.05, 0) is 40.4 Å². The van der Waals surface area contributed by atoms with Crippen molar-refractivity contribution in [3.05, 3.63) is 0 Å². The van der Waals surface area contributed by atoms with Crippen molar-refractivity contribution in [3.8, 4) is 0 Å². The standard InChI is InChI=1S/C10H22N2/c1-8-7-12(5)9(2)6-10(8)11(3)4/h8-10H,6-7H2,1-5H3. The summed E-state index contributed by atoms with van der Waals surface area (Å²) in [6.45, 7) is 5.92. The summed E-state index contributed by atoms with van der Waals surface area (Å²) in [7, 11) is 6.62. The van der Waals surface area contributed by atoms with Gasteiger partial charge in [-0.25, -0.2) is 0 Å². The molecule has 0 saturated carbocycles. The number of hydrogen-bond acceptors (Lipinski definition) is 2. The summed E-state index contributed by atoms with van der Waals surface area (Å²) in [6.07, 6.45) is 1.31. The van der Waals surface area contributed by atoms with E-state index in [1.165, 1.54) is 13.0 Å². The molecule has 3 unspecified atom stereocenters.